The van der Waals surface area contributed by atoms with Crippen molar-refractivity contribution in [2.75, 3.05) is 13.1 Å². The van der Waals surface area contributed by atoms with E-state index in [1.54, 1.807) is 10.4 Å². The maximum atomic E-state index is 6.27. The second-order valence-electron chi connectivity index (χ2n) is 5.93. The molecule has 1 aliphatic heterocycles. The lowest BCUT2D eigenvalue weighted by molar-refractivity contribution is 0.711. The van der Waals surface area contributed by atoms with E-state index in [1.165, 1.54) is 21.3 Å². The summed E-state index contributed by atoms with van der Waals surface area (Å²) in [6, 6.07) is 8.46. The van der Waals surface area contributed by atoms with Crippen molar-refractivity contribution < 1.29 is 0 Å². The molecule has 0 unspecified atom stereocenters. The van der Waals surface area contributed by atoms with E-state index in [0.29, 0.717) is 0 Å². The summed E-state index contributed by atoms with van der Waals surface area (Å²) in [6.07, 6.45) is 4.51. The Bertz CT molecular complexity index is 831. The molecule has 2 nitrogen and oxygen atoms in total. The lowest BCUT2D eigenvalue weighted by Crippen LogP contribution is -2.16. The van der Waals surface area contributed by atoms with Gasteiger partial charge in [0.05, 0.1) is 10.2 Å². The Morgan fingerprint density at radius 3 is 3.00 bits per heavy atom. The van der Waals surface area contributed by atoms with Crippen LogP contribution in [0.25, 0.3) is 10.2 Å². The minimum Gasteiger partial charge on any atom is -0.342 e. The summed E-state index contributed by atoms with van der Waals surface area (Å²) < 4.78 is 3.82. The minimum atomic E-state index is 0.856. The first-order valence-electron chi connectivity index (χ1n) is 7.78. The van der Waals surface area contributed by atoms with Crippen molar-refractivity contribution in [3.05, 3.63) is 57.1 Å². The third-order valence-corrected chi connectivity index (χ3v) is 6.24. The van der Waals surface area contributed by atoms with E-state index in [-0.39, 0.29) is 0 Å². The van der Waals surface area contributed by atoms with E-state index in [0.717, 1.165) is 37.5 Å². The molecule has 0 amide bonds. The molecule has 0 saturated heterocycles. The minimum absolute atomic E-state index is 0.856. The van der Waals surface area contributed by atoms with Crippen LogP contribution in [0.3, 0.4) is 0 Å². The van der Waals surface area contributed by atoms with Crippen molar-refractivity contribution in [1.82, 2.24) is 9.88 Å². The Morgan fingerprint density at radius 1 is 1.23 bits per heavy atom. The molecular formula is C18H19ClN2S. The van der Waals surface area contributed by atoms with E-state index >= 15 is 0 Å². The molecule has 0 bridgehead atoms. The maximum Gasteiger partial charge on any atom is 0.0628 e. The zero-order valence-electron chi connectivity index (χ0n) is 12.7. The molecule has 0 saturated carbocycles. The van der Waals surface area contributed by atoms with Crippen molar-refractivity contribution >= 4 is 33.2 Å². The Hall–Kier alpha value is -1.29. The van der Waals surface area contributed by atoms with Crippen LogP contribution in [0.1, 0.15) is 21.6 Å². The van der Waals surface area contributed by atoms with Crippen LogP contribution < -0.4 is 5.32 Å². The van der Waals surface area contributed by atoms with Gasteiger partial charge in [-0.15, -0.1) is 11.3 Å². The molecule has 114 valence electrons. The number of thiophene rings is 1. The van der Waals surface area contributed by atoms with Crippen LogP contribution in [0.4, 0.5) is 0 Å². The average molecular weight is 331 g/mol. The maximum absolute atomic E-state index is 6.27. The summed E-state index contributed by atoms with van der Waals surface area (Å²) in [4.78, 5) is 1.56. The molecule has 3 heterocycles. The first-order valence-corrected chi connectivity index (χ1v) is 8.97. The van der Waals surface area contributed by atoms with E-state index in [2.05, 4.69) is 35.1 Å². The van der Waals surface area contributed by atoms with Crippen molar-refractivity contribution in [3.63, 3.8) is 0 Å². The molecule has 4 rings (SSSR count). The summed E-state index contributed by atoms with van der Waals surface area (Å²) in [5, 5.41) is 4.36. The molecule has 0 fully saturated rings. The van der Waals surface area contributed by atoms with E-state index in [9.17, 15) is 0 Å². The lowest BCUT2D eigenvalue weighted by Gasteiger charge is -2.11. The fraction of sp³-hybridized carbons (Fsp3) is 0.333. The highest BCUT2D eigenvalue weighted by atomic mass is 35.5. The SMILES string of the molecule is Cc1c(Cl)cccc1Cn1ccc2sc3c(c21)CCNCC3. The predicted molar refractivity (Wildman–Crippen MR) is 95.4 cm³/mol. The normalized spacial score (nSPS) is 15.0. The first kappa shape index (κ1) is 14.3. The van der Waals surface area contributed by atoms with Crippen LogP contribution in [0, 0.1) is 6.92 Å². The van der Waals surface area contributed by atoms with Gasteiger partial charge < -0.3 is 9.88 Å². The fourth-order valence-corrected chi connectivity index (χ4v) is 4.77. The number of aromatic nitrogens is 1. The molecule has 1 aliphatic rings. The fourth-order valence-electron chi connectivity index (χ4n) is 3.32. The average Bonchev–Trinajstić information content (AvgIpc) is 2.96. The second kappa shape index (κ2) is 5.73. The van der Waals surface area contributed by atoms with Gasteiger partial charge in [0, 0.05) is 22.6 Å². The molecule has 0 radical (unpaired) electrons. The summed E-state index contributed by atoms with van der Waals surface area (Å²) >= 11 is 8.24. The van der Waals surface area contributed by atoms with Gasteiger partial charge in [-0.3, -0.25) is 0 Å². The van der Waals surface area contributed by atoms with Gasteiger partial charge in [0.15, 0.2) is 0 Å². The summed E-state index contributed by atoms with van der Waals surface area (Å²) in [5.74, 6) is 0. The van der Waals surface area contributed by atoms with Gasteiger partial charge in [0.25, 0.3) is 0 Å². The second-order valence-corrected chi connectivity index (χ2v) is 7.48. The van der Waals surface area contributed by atoms with Gasteiger partial charge in [0.1, 0.15) is 0 Å². The lowest BCUT2D eigenvalue weighted by atomic mass is 10.1. The number of rotatable bonds is 2. The van der Waals surface area contributed by atoms with Crippen molar-refractivity contribution in [1.29, 1.82) is 0 Å². The molecule has 3 aromatic rings. The van der Waals surface area contributed by atoms with Crippen molar-refractivity contribution in [2.24, 2.45) is 0 Å². The number of nitrogens with one attached hydrogen (secondary N) is 1. The molecule has 4 heteroatoms. The number of fused-ring (bicyclic) bond motifs is 3. The number of halogens is 1. The zero-order valence-corrected chi connectivity index (χ0v) is 14.2. The Kier molecular flexibility index (Phi) is 3.73. The van der Waals surface area contributed by atoms with E-state index < -0.39 is 0 Å². The van der Waals surface area contributed by atoms with E-state index in [1.807, 2.05) is 23.5 Å². The first-order chi connectivity index (χ1) is 10.7. The van der Waals surface area contributed by atoms with Crippen LogP contribution in [-0.4, -0.2) is 17.7 Å². The third-order valence-electron chi connectivity index (χ3n) is 4.58. The zero-order chi connectivity index (χ0) is 15.1. The summed E-state index contributed by atoms with van der Waals surface area (Å²) in [7, 11) is 0. The number of hydrogen-bond acceptors (Lipinski definition) is 2. The van der Waals surface area contributed by atoms with E-state index in [4.69, 9.17) is 11.6 Å². The highest BCUT2D eigenvalue weighted by Crippen LogP contribution is 2.34. The standard InChI is InChI=1S/C18H19ClN2S/c1-12-13(3-2-4-15(12)19)11-21-10-7-17-18(21)14-5-8-20-9-6-16(14)22-17/h2-4,7,10,20H,5-6,8-9,11H2,1H3. The molecule has 0 atom stereocenters. The Balaban J connectivity index is 1.79. The van der Waals surface area contributed by atoms with Crippen molar-refractivity contribution in [2.45, 2.75) is 26.3 Å². The quantitative estimate of drug-likeness (QED) is 0.737. The molecule has 1 N–H and O–H groups in total. The summed E-state index contributed by atoms with van der Waals surface area (Å²) in [5.41, 5.74) is 5.48. The van der Waals surface area contributed by atoms with Gasteiger partial charge in [-0.05, 0) is 61.7 Å². The van der Waals surface area contributed by atoms with Crippen LogP contribution in [0.2, 0.25) is 5.02 Å². The molecular weight excluding hydrogens is 312 g/mol. The monoisotopic (exact) mass is 330 g/mol. The molecule has 0 spiro atoms. The number of nitrogens with zero attached hydrogens (tertiary/aromatic N) is 1. The van der Waals surface area contributed by atoms with Gasteiger partial charge in [0.2, 0.25) is 0 Å². The highest BCUT2D eigenvalue weighted by Gasteiger charge is 2.18. The van der Waals surface area contributed by atoms with Gasteiger partial charge >= 0.3 is 0 Å². The molecule has 1 aromatic carbocycles. The van der Waals surface area contributed by atoms with Crippen LogP contribution in [0.5, 0.6) is 0 Å². The van der Waals surface area contributed by atoms with Gasteiger partial charge in [-0.2, -0.15) is 0 Å². The topological polar surface area (TPSA) is 17.0 Å². The Morgan fingerprint density at radius 2 is 2.09 bits per heavy atom. The number of benzene rings is 1. The van der Waals surface area contributed by atoms with Crippen LogP contribution in [-0.2, 0) is 19.4 Å². The highest BCUT2D eigenvalue weighted by molar-refractivity contribution is 7.19. The molecule has 2 aromatic heterocycles. The molecule has 22 heavy (non-hydrogen) atoms. The van der Waals surface area contributed by atoms with Gasteiger partial charge in [-0.25, -0.2) is 0 Å². The predicted octanol–water partition coefficient (Wildman–Crippen LogP) is 4.40. The third kappa shape index (κ3) is 2.37. The molecule has 0 aliphatic carbocycles. The number of hydrogen-bond donors (Lipinski definition) is 1. The van der Waals surface area contributed by atoms with Crippen LogP contribution >= 0.6 is 22.9 Å². The smallest absolute Gasteiger partial charge is 0.0628 e. The summed E-state index contributed by atoms with van der Waals surface area (Å²) in [6.45, 7) is 5.19. The van der Waals surface area contributed by atoms with Gasteiger partial charge in [-0.1, -0.05) is 23.7 Å². The Labute approximate surface area is 139 Å². The van der Waals surface area contributed by atoms with Crippen molar-refractivity contribution in [3.8, 4) is 0 Å². The van der Waals surface area contributed by atoms with Crippen LogP contribution in [0.15, 0.2) is 30.5 Å². The largest absolute Gasteiger partial charge is 0.342 e.